The minimum Gasteiger partial charge on any atom is -0.462 e. The van der Waals surface area contributed by atoms with Crippen molar-refractivity contribution in [1.82, 2.24) is 0 Å². The number of aliphatic hydroxyl groups is 1. The Morgan fingerprint density at radius 1 is 1.11 bits per heavy atom. The summed E-state index contributed by atoms with van der Waals surface area (Å²) in [6.07, 6.45) is -0.181. The molecule has 3 aliphatic rings. The van der Waals surface area contributed by atoms with Crippen molar-refractivity contribution in [3.8, 4) is 0 Å². The second-order valence-corrected chi connectivity index (χ2v) is 9.23. The molecular weight excluding hydrogens is 488 g/mol. The van der Waals surface area contributed by atoms with E-state index < -0.39 is 72.2 Å². The first-order valence-corrected chi connectivity index (χ1v) is 11.6. The summed E-state index contributed by atoms with van der Waals surface area (Å²) in [6, 6.07) is 0. The zero-order valence-electron chi connectivity index (χ0n) is 21.1. The third-order valence-electron chi connectivity index (χ3n) is 6.73. The summed E-state index contributed by atoms with van der Waals surface area (Å²) >= 11 is 0. The standard InChI is InChI=1S/C26H30O11/c1-12-9-19(36-25(31)18(11-34-16(5)28)7-8-33-15(4)27)21-14(3)24(30)37-23(21)22-13(2)20(35-17(6)29)10-26(12,22)32/h7,9,19-23,32H,2-3,8,10-11H2,1,4-6H3. The van der Waals surface area contributed by atoms with Crippen molar-refractivity contribution in [2.45, 2.75) is 58.0 Å². The first-order chi connectivity index (χ1) is 17.3. The van der Waals surface area contributed by atoms with Crippen molar-refractivity contribution < 1.29 is 52.8 Å². The van der Waals surface area contributed by atoms with Gasteiger partial charge in [0, 0.05) is 32.8 Å². The Kier molecular flexibility index (Phi) is 8.06. The molecule has 1 N–H and O–H groups in total. The van der Waals surface area contributed by atoms with Gasteiger partial charge in [-0.25, -0.2) is 9.59 Å². The van der Waals surface area contributed by atoms with E-state index in [0.29, 0.717) is 11.1 Å². The van der Waals surface area contributed by atoms with Crippen LogP contribution in [0.25, 0.3) is 0 Å². The van der Waals surface area contributed by atoms with Crippen molar-refractivity contribution >= 4 is 29.8 Å². The van der Waals surface area contributed by atoms with E-state index in [4.69, 9.17) is 23.7 Å². The fourth-order valence-corrected chi connectivity index (χ4v) is 4.96. The molecule has 2 aliphatic carbocycles. The molecule has 1 heterocycles. The van der Waals surface area contributed by atoms with E-state index in [-0.39, 0.29) is 24.2 Å². The Labute approximate surface area is 213 Å². The van der Waals surface area contributed by atoms with Gasteiger partial charge in [-0.2, -0.15) is 0 Å². The number of carbonyl (C=O) groups is 5. The maximum atomic E-state index is 13.1. The van der Waals surface area contributed by atoms with Crippen LogP contribution in [0.1, 0.15) is 34.1 Å². The molecule has 0 bridgehead atoms. The lowest BCUT2D eigenvalue weighted by atomic mass is 9.77. The molecular formula is C26H30O11. The lowest BCUT2D eigenvalue weighted by Gasteiger charge is -2.33. The highest BCUT2D eigenvalue weighted by molar-refractivity contribution is 5.92. The molecule has 6 atom stereocenters. The molecule has 200 valence electrons. The number of esters is 5. The lowest BCUT2D eigenvalue weighted by Crippen LogP contribution is -2.43. The van der Waals surface area contributed by atoms with Gasteiger partial charge in [-0.05, 0) is 30.2 Å². The van der Waals surface area contributed by atoms with Gasteiger partial charge in [0.05, 0.1) is 23.0 Å². The number of ether oxygens (including phenoxy) is 5. The SMILES string of the molecule is C=C1C(=O)OC2C1C(OC(=O)C(=CCOC(C)=O)COC(C)=O)C=C(C)C1(O)CC(OC(C)=O)C(=C)C21. The van der Waals surface area contributed by atoms with Crippen molar-refractivity contribution in [2.24, 2.45) is 11.8 Å². The second kappa shape index (κ2) is 10.7. The van der Waals surface area contributed by atoms with Gasteiger partial charge in [-0.1, -0.05) is 13.2 Å². The maximum absolute atomic E-state index is 13.1. The van der Waals surface area contributed by atoms with Crippen LogP contribution >= 0.6 is 0 Å². The average Bonchev–Trinajstić information content (AvgIpc) is 3.18. The number of carbonyl (C=O) groups excluding carboxylic acids is 5. The molecule has 1 saturated heterocycles. The molecule has 11 nitrogen and oxygen atoms in total. The molecule has 0 aromatic carbocycles. The van der Waals surface area contributed by atoms with Gasteiger partial charge in [-0.3, -0.25) is 14.4 Å². The Bertz CT molecular complexity index is 1110. The maximum Gasteiger partial charge on any atom is 0.337 e. The fraction of sp³-hybridized carbons (Fsp3) is 0.500. The second-order valence-electron chi connectivity index (χ2n) is 9.23. The third-order valence-corrected chi connectivity index (χ3v) is 6.73. The summed E-state index contributed by atoms with van der Waals surface area (Å²) in [7, 11) is 0. The van der Waals surface area contributed by atoms with Crippen LogP contribution in [0.15, 0.2) is 47.6 Å². The normalized spacial score (nSPS) is 30.8. The molecule has 1 saturated carbocycles. The van der Waals surface area contributed by atoms with Crippen molar-refractivity contribution in [3.05, 3.63) is 47.6 Å². The summed E-state index contributed by atoms with van der Waals surface area (Å²) in [5.74, 6) is -5.14. The van der Waals surface area contributed by atoms with Crippen molar-refractivity contribution in [3.63, 3.8) is 0 Å². The molecule has 6 unspecified atom stereocenters. The smallest absolute Gasteiger partial charge is 0.337 e. The van der Waals surface area contributed by atoms with Crippen LogP contribution in [0.2, 0.25) is 0 Å². The first-order valence-electron chi connectivity index (χ1n) is 11.6. The molecule has 11 heteroatoms. The third kappa shape index (κ3) is 5.66. The molecule has 3 rings (SSSR count). The van der Waals surface area contributed by atoms with Crippen LogP contribution in [0.4, 0.5) is 0 Å². The Morgan fingerprint density at radius 3 is 2.35 bits per heavy atom. The molecule has 0 spiro atoms. The van der Waals surface area contributed by atoms with E-state index in [0.717, 1.165) is 6.92 Å². The van der Waals surface area contributed by atoms with E-state index in [1.807, 2.05) is 0 Å². The highest BCUT2D eigenvalue weighted by Crippen LogP contribution is 2.54. The number of fused-ring (bicyclic) bond motifs is 3. The molecule has 0 amide bonds. The quantitative estimate of drug-likeness (QED) is 0.224. The van der Waals surface area contributed by atoms with Gasteiger partial charge >= 0.3 is 29.8 Å². The van der Waals surface area contributed by atoms with Gasteiger partial charge in [0.15, 0.2) is 0 Å². The zero-order chi connectivity index (χ0) is 27.7. The first kappa shape index (κ1) is 27.9. The van der Waals surface area contributed by atoms with Crippen molar-refractivity contribution in [2.75, 3.05) is 13.2 Å². The Morgan fingerprint density at radius 2 is 1.76 bits per heavy atom. The predicted molar refractivity (Wildman–Crippen MR) is 125 cm³/mol. The van der Waals surface area contributed by atoms with Crippen LogP contribution in [0, 0.1) is 11.8 Å². The fourth-order valence-electron chi connectivity index (χ4n) is 4.96. The van der Waals surface area contributed by atoms with Crippen LogP contribution in [0.3, 0.4) is 0 Å². The summed E-state index contributed by atoms with van der Waals surface area (Å²) in [6.45, 7) is 12.4. The highest BCUT2D eigenvalue weighted by Gasteiger charge is 2.62. The molecule has 2 fully saturated rings. The summed E-state index contributed by atoms with van der Waals surface area (Å²) in [5, 5.41) is 11.7. The van der Waals surface area contributed by atoms with E-state index in [1.165, 1.54) is 26.0 Å². The van der Waals surface area contributed by atoms with Gasteiger partial charge in [-0.15, -0.1) is 0 Å². The summed E-state index contributed by atoms with van der Waals surface area (Å²) in [5.41, 5.74) is -0.901. The molecule has 37 heavy (non-hydrogen) atoms. The van der Waals surface area contributed by atoms with E-state index in [1.54, 1.807) is 6.92 Å². The van der Waals surface area contributed by atoms with Gasteiger partial charge < -0.3 is 28.8 Å². The van der Waals surface area contributed by atoms with Gasteiger partial charge in [0.25, 0.3) is 0 Å². The molecule has 1 aliphatic heterocycles. The van der Waals surface area contributed by atoms with Crippen LogP contribution in [0.5, 0.6) is 0 Å². The topological polar surface area (TPSA) is 152 Å². The summed E-state index contributed by atoms with van der Waals surface area (Å²) in [4.78, 5) is 59.7. The van der Waals surface area contributed by atoms with Crippen LogP contribution < -0.4 is 0 Å². The van der Waals surface area contributed by atoms with Crippen molar-refractivity contribution in [1.29, 1.82) is 0 Å². The largest absolute Gasteiger partial charge is 0.462 e. The van der Waals surface area contributed by atoms with E-state index in [2.05, 4.69) is 13.2 Å². The highest BCUT2D eigenvalue weighted by atomic mass is 16.6. The minimum atomic E-state index is -1.60. The van der Waals surface area contributed by atoms with E-state index >= 15 is 0 Å². The Hall–Kier alpha value is -3.73. The molecule has 0 radical (unpaired) electrons. The lowest BCUT2D eigenvalue weighted by molar-refractivity contribution is -0.149. The molecule has 0 aromatic rings. The monoisotopic (exact) mass is 518 g/mol. The van der Waals surface area contributed by atoms with Gasteiger partial charge in [0.2, 0.25) is 0 Å². The summed E-state index contributed by atoms with van der Waals surface area (Å²) < 4.78 is 26.4. The minimum absolute atomic E-state index is 0.0215. The number of rotatable bonds is 7. The molecule has 0 aromatic heterocycles. The zero-order valence-corrected chi connectivity index (χ0v) is 21.1. The number of hydrogen-bond donors (Lipinski definition) is 1. The average molecular weight is 519 g/mol. The Balaban J connectivity index is 1.96. The predicted octanol–water partition coefficient (Wildman–Crippen LogP) is 1.25. The number of hydrogen-bond acceptors (Lipinski definition) is 11. The van der Waals surface area contributed by atoms with Gasteiger partial charge in [0.1, 0.15) is 31.5 Å². The van der Waals surface area contributed by atoms with Crippen LogP contribution in [-0.4, -0.2) is 72.1 Å². The van der Waals surface area contributed by atoms with E-state index in [9.17, 15) is 29.1 Å². The van der Waals surface area contributed by atoms with Crippen LogP contribution in [-0.2, 0) is 47.7 Å².